The van der Waals surface area contributed by atoms with Gasteiger partial charge < -0.3 is 5.11 Å². The number of para-hydroxylation sites is 1. The highest BCUT2D eigenvalue weighted by Gasteiger charge is 2.21. The lowest BCUT2D eigenvalue weighted by Crippen LogP contribution is -2.12. The van der Waals surface area contributed by atoms with Crippen LogP contribution in [0.2, 0.25) is 0 Å². The minimum atomic E-state index is -3.87. The van der Waals surface area contributed by atoms with Gasteiger partial charge in [0.2, 0.25) is 0 Å². The zero-order valence-electron chi connectivity index (χ0n) is 10.3. The van der Waals surface area contributed by atoms with Crippen molar-refractivity contribution in [2.75, 3.05) is 6.61 Å². The standard InChI is InChI=1S/C12H18O4S/c1-4-9(2)8-16-17(14,15)11-7-5-6-10(3)12(11)13/h5-7,9,13H,4,8H2,1-3H3. The van der Waals surface area contributed by atoms with E-state index in [0.29, 0.717) is 5.56 Å². The van der Waals surface area contributed by atoms with E-state index < -0.39 is 10.1 Å². The van der Waals surface area contributed by atoms with E-state index in [0.717, 1.165) is 6.42 Å². The number of aromatic hydroxyl groups is 1. The largest absolute Gasteiger partial charge is 0.506 e. The molecular weight excluding hydrogens is 240 g/mol. The third kappa shape index (κ3) is 3.44. The van der Waals surface area contributed by atoms with Crippen molar-refractivity contribution < 1.29 is 17.7 Å². The second-order valence-electron chi connectivity index (χ2n) is 4.17. The van der Waals surface area contributed by atoms with Crippen molar-refractivity contribution >= 4 is 10.1 Å². The van der Waals surface area contributed by atoms with Gasteiger partial charge in [-0.15, -0.1) is 0 Å². The molecule has 1 aromatic rings. The van der Waals surface area contributed by atoms with Crippen LogP contribution in [0.5, 0.6) is 5.75 Å². The number of phenolic OH excluding ortho intramolecular Hbond substituents is 1. The van der Waals surface area contributed by atoms with Crippen LogP contribution in [0.1, 0.15) is 25.8 Å². The fraction of sp³-hybridized carbons (Fsp3) is 0.500. The molecule has 1 unspecified atom stereocenters. The summed E-state index contributed by atoms with van der Waals surface area (Å²) in [5.41, 5.74) is 0.512. The summed E-state index contributed by atoms with van der Waals surface area (Å²) in [6, 6.07) is 4.56. The van der Waals surface area contributed by atoms with Crippen LogP contribution in [-0.4, -0.2) is 20.1 Å². The van der Waals surface area contributed by atoms with Crippen LogP contribution in [0.4, 0.5) is 0 Å². The van der Waals surface area contributed by atoms with Crippen molar-refractivity contribution in [1.29, 1.82) is 0 Å². The van der Waals surface area contributed by atoms with Crippen molar-refractivity contribution in [3.05, 3.63) is 23.8 Å². The molecule has 0 aliphatic heterocycles. The molecule has 0 aliphatic carbocycles. The maximum Gasteiger partial charge on any atom is 0.300 e. The zero-order valence-corrected chi connectivity index (χ0v) is 11.1. The average molecular weight is 258 g/mol. The van der Waals surface area contributed by atoms with Gasteiger partial charge in [0.1, 0.15) is 10.6 Å². The molecule has 5 heteroatoms. The minimum absolute atomic E-state index is 0.131. The van der Waals surface area contributed by atoms with Crippen LogP contribution in [-0.2, 0) is 14.3 Å². The highest BCUT2D eigenvalue weighted by atomic mass is 32.2. The van der Waals surface area contributed by atoms with E-state index >= 15 is 0 Å². The molecule has 0 aromatic heterocycles. The lowest BCUT2D eigenvalue weighted by Gasteiger charge is -2.11. The average Bonchev–Trinajstić information content (AvgIpc) is 2.29. The SMILES string of the molecule is CCC(C)COS(=O)(=O)c1cccc(C)c1O. The topological polar surface area (TPSA) is 63.6 Å². The van der Waals surface area contributed by atoms with Crippen LogP contribution in [0.15, 0.2) is 23.1 Å². The molecule has 0 fully saturated rings. The van der Waals surface area contributed by atoms with Crippen LogP contribution in [0.3, 0.4) is 0 Å². The highest BCUT2D eigenvalue weighted by Crippen LogP contribution is 2.27. The lowest BCUT2D eigenvalue weighted by atomic mass is 10.1. The van der Waals surface area contributed by atoms with Crippen LogP contribution in [0, 0.1) is 12.8 Å². The molecule has 4 nitrogen and oxygen atoms in total. The van der Waals surface area contributed by atoms with E-state index in [9.17, 15) is 13.5 Å². The quantitative estimate of drug-likeness (QED) is 0.824. The molecule has 96 valence electrons. The van der Waals surface area contributed by atoms with E-state index in [1.54, 1.807) is 19.1 Å². The summed E-state index contributed by atoms with van der Waals surface area (Å²) in [7, 11) is -3.87. The number of rotatable bonds is 5. The van der Waals surface area contributed by atoms with Gasteiger partial charge in [0, 0.05) is 0 Å². The summed E-state index contributed by atoms with van der Waals surface area (Å²) in [5, 5.41) is 9.70. The Bertz CT molecular complexity index is 479. The Kier molecular flexibility index (Phi) is 4.54. The van der Waals surface area contributed by atoms with E-state index in [1.807, 2.05) is 13.8 Å². The fourth-order valence-electron chi connectivity index (χ4n) is 1.22. The van der Waals surface area contributed by atoms with Gasteiger partial charge in [-0.1, -0.05) is 32.4 Å². The molecule has 1 rings (SSSR count). The lowest BCUT2D eigenvalue weighted by molar-refractivity contribution is 0.260. The Labute approximate surface area is 102 Å². The van der Waals surface area contributed by atoms with Crippen LogP contribution >= 0.6 is 0 Å². The maximum atomic E-state index is 11.8. The highest BCUT2D eigenvalue weighted by molar-refractivity contribution is 7.86. The summed E-state index contributed by atoms with van der Waals surface area (Å²) >= 11 is 0. The Balaban J connectivity index is 2.94. The smallest absolute Gasteiger partial charge is 0.300 e. The molecule has 1 aromatic carbocycles. The van der Waals surface area contributed by atoms with Crippen molar-refractivity contribution in [1.82, 2.24) is 0 Å². The molecule has 0 saturated carbocycles. The summed E-state index contributed by atoms with van der Waals surface area (Å²) in [5.74, 6) is -0.0756. The molecular formula is C12H18O4S. The second-order valence-corrected chi connectivity index (χ2v) is 5.76. The van der Waals surface area contributed by atoms with Crippen molar-refractivity contribution in [3.63, 3.8) is 0 Å². The maximum absolute atomic E-state index is 11.8. The summed E-state index contributed by atoms with van der Waals surface area (Å²) in [6.07, 6.45) is 0.843. The second kappa shape index (κ2) is 5.51. The number of aryl methyl sites for hydroxylation is 1. The number of hydrogen-bond donors (Lipinski definition) is 1. The van der Waals surface area contributed by atoms with Crippen LogP contribution < -0.4 is 0 Å². The van der Waals surface area contributed by atoms with Gasteiger partial charge in [-0.25, -0.2) is 0 Å². The van der Waals surface area contributed by atoms with Gasteiger partial charge in [-0.2, -0.15) is 8.42 Å². The minimum Gasteiger partial charge on any atom is -0.506 e. The first-order chi connectivity index (χ1) is 7.88. The number of hydrogen-bond acceptors (Lipinski definition) is 4. The molecule has 0 aliphatic rings. The van der Waals surface area contributed by atoms with Gasteiger partial charge >= 0.3 is 10.1 Å². The Hall–Kier alpha value is -1.07. The van der Waals surface area contributed by atoms with E-state index in [1.165, 1.54) is 6.07 Å². The Morgan fingerprint density at radius 1 is 1.41 bits per heavy atom. The van der Waals surface area contributed by atoms with Gasteiger partial charge in [-0.3, -0.25) is 4.18 Å². The summed E-state index contributed by atoms with van der Waals surface area (Å²) in [6.45, 7) is 5.64. The summed E-state index contributed by atoms with van der Waals surface area (Å²) < 4.78 is 28.6. The third-order valence-corrected chi connectivity index (χ3v) is 3.99. The molecule has 0 heterocycles. The van der Waals surface area contributed by atoms with Gasteiger partial charge in [0.05, 0.1) is 6.61 Å². The fourth-order valence-corrected chi connectivity index (χ4v) is 2.40. The van der Waals surface area contributed by atoms with Gasteiger partial charge in [0.25, 0.3) is 0 Å². The van der Waals surface area contributed by atoms with E-state index in [-0.39, 0.29) is 23.2 Å². The van der Waals surface area contributed by atoms with Gasteiger partial charge in [0.15, 0.2) is 0 Å². The molecule has 0 saturated heterocycles. The molecule has 0 bridgehead atoms. The third-order valence-electron chi connectivity index (χ3n) is 2.67. The van der Waals surface area contributed by atoms with Crippen molar-refractivity contribution in [2.45, 2.75) is 32.1 Å². The zero-order chi connectivity index (χ0) is 13.1. The molecule has 0 amide bonds. The monoisotopic (exact) mass is 258 g/mol. The predicted molar refractivity (Wildman–Crippen MR) is 65.4 cm³/mol. The first kappa shape index (κ1) is 14.0. The van der Waals surface area contributed by atoms with Gasteiger partial charge in [-0.05, 0) is 24.5 Å². The first-order valence-electron chi connectivity index (χ1n) is 5.56. The van der Waals surface area contributed by atoms with E-state index in [2.05, 4.69) is 0 Å². The summed E-state index contributed by atoms with van der Waals surface area (Å²) in [4.78, 5) is -0.166. The molecule has 1 N–H and O–H groups in total. The molecule has 0 spiro atoms. The Morgan fingerprint density at radius 2 is 2.06 bits per heavy atom. The normalized spacial score (nSPS) is 13.6. The number of benzene rings is 1. The van der Waals surface area contributed by atoms with E-state index in [4.69, 9.17) is 4.18 Å². The number of phenols is 1. The molecule has 0 radical (unpaired) electrons. The van der Waals surface area contributed by atoms with Crippen LogP contribution in [0.25, 0.3) is 0 Å². The molecule has 1 atom stereocenters. The first-order valence-corrected chi connectivity index (χ1v) is 6.97. The Morgan fingerprint density at radius 3 is 2.65 bits per heavy atom. The molecule has 17 heavy (non-hydrogen) atoms. The van der Waals surface area contributed by atoms with Crippen molar-refractivity contribution in [3.8, 4) is 5.75 Å². The predicted octanol–water partition coefficient (Wildman–Crippen LogP) is 2.45. The van der Waals surface area contributed by atoms with Crippen molar-refractivity contribution in [2.24, 2.45) is 5.92 Å².